The molecule has 0 saturated heterocycles. The van der Waals surface area contributed by atoms with Gasteiger partial charge in [0.25, 0.3) is 0 Å². The molecule has 2 rings (SSSR count). The molecule has 0 bridgehead atoms. The summed E-state index contributed by atoms with van der Waals surface area (Å²) in [6, 6.07) is 15.6. The second kappa shape index (κ2) is 5.57. The van der Waals surface area contributed by atoms with E-state index in [1.54, 1.807) is 6.07 Å². The van der Waals surface area contributed by atoms with Crippen LogP contribution in [0.5, 0.6) is 0 Å². The van der Waals surface area contributed by atoms with Crippen LogP contribution in [0.2, 0.25) is 0 Å². The zero-order valence-corrected chi connectivity index (χ0v) is 11.1. The second-order valence-electron chi connectivity index (χ2n) is 4.65. The molecule has 2 aromatic carbocycles. The van der Waals surface area contributed by atoms with Gasteiger partial charge >= 0.3 is 5.97 Å². The van der Waals surface area contributed by atoms with Gasteiger partial charge in [0.05, 0.1) is 5.56 Å². The molecule has 2 aromatic rings. The second-order valence-corrected chi connectivity index (χ2v) is 4.65. The first kappa shape index (κ1) is 13.1. The zero-order chi connectivity index (χ0) is 13.8. The minimum atomic E-state index is -0.880. The summed E-state index contributed by atoms with van der Waals surface area (Å²) < 4.78 is 0. The number of carboxylic acids is 1. The number of hydrogen-bond acceptors (Lipinski definition) is 2. The van der Waals surface area contributed by atoms with E-state index in [1.165, 1.54) is 5.56 Å². The first-order valence-corrected chi connectivity index (χ1v) is 6.17. The summed E-state index contributed by atoms with van der Waals surface area (Å²) >= 11 is 0. The molecule has 0 aliphatic rings. The maximum Gasteiger partial charge on any atom is 0.335 e. The molecule has 0 aliphatic heterocycles. The highest BCUT2D eigenvalue weighted by Gasteiger charge is 2.09. The predicted molar refractivity (Wildman–Crippen MR) is 76.7 cm³/mol. The molecule has 0 unspecified atom stereocenters. The highest BCUT2D eigenvalue weighted by molar-refractivity contribution is 5.89. The van der Waals surface area contributed by atoms with Gasteiger partial charge in [-0.05, 0) is 36.2 Å². The Balaban J connectivity index is 2.18. The van der Waals surface area contributed by atoms with Crippen molar-refractivity contribution in [3.8, 4) is 0 Å². The minimum absolute atomic E-state index is 0.358. The number of benzene rings is 2. The van der Waals surface area contributed by atoms with Crippen LogP contribution in [0.4, 0.5) is 5.69 Å². The molecule has 0 fully saturated rings. The predicted octanol–water partition coefficient (Wildman–Crippen LogP) is 3.33. The SMILES string of the molecule is Cc1cc(N(C)Cc2ccccc2)ccc1C(=O)O. The summed E-state index contributed by atoms with van der Waals surface area (Å²) in [5, 5.41) is 9.02. The Bertz CT molecular complexity index is 579. The van der Waals surface area contributed by atoms with E-state index in [9.17, 15) is 4.79 Å². The molecule has 0 heterocycles. The fourth-order valence-electron chi connectivity index (χ4n) is 2.07. The maximum absolute atomic E-state index is 11.0. The van der Waals surface area contributed by atoms with E-state index in [1.807, 2.05) is 44.3 Å². The lowest BCUT2D eigenvalue weighted by molar-refractivity contribution is 0.0696. The Morgan fingerprint density at radius 2 is 1.84 bits per heavy atom. The summed E-state index contributed by atoms with van der Waals surface area (Å²) in [6.45, 7) is 2.62. The van der Waals surface area contributed by atoms with Crippen molar-refractivity contribution < 1.29 is 9.90 Å². The Hall–Kier alpha value is -2.29. The summed E-state index contributed by atoms with van der Waals surface area (Å²) in [7, 11) is 2.00. The molecule has 0 atom stereocenters. The van der Waals surface area contributed by atoms with Gasteiger partial charge in [-0.3, -0.25) is 0 Å². The van der Waals surface area contributed by atoms with Crippen LogP contribution in [0.3, 0.4) is 0 Å². The van der Waals surface area contributed by atoms with Crippen molar-refractivity contribution >= 4 is 11.7 Å². The quantitative estimate of drug-likeness (QED) is 0.911. The standard InChI is InChI=1S/C16H17NO2/c1-12-10-14(8-9-15(12)16(18)19)17(2)11-13-6-4-3-5-7-13/h3-10H,11H2,1-2H3,(H,18,19). The van der Waals surface area contributed by atoms with Crippen molar-refractivity contribution in [2.24, 2.45) is 0 Å². The third-order valence-corrected chi connectivity index (χ3v) is 3.14. The first-order chi connectivity index (χ1) is 9.08. The van der Waals surface area contributed by atoms with E-state index in [0.717, 1.165) is 17.8 Å². The number of carbonyl (C=O) groups is 1. The van der Waals surface area contributed by atoms with Crippen molar-refractivity contribution in [1.29, 1.82) is 0 Å². The first-order valence-electron chi connectivity index (χ1n) is 6.17. The van der Waals surface area contributed by atoms with Gasteiger partial charge in [-0.2, -0.15) is 0 Å². The largest absolute Gasteiger partial charge is 0.478 e. The van der Waals surface area contributed by atoms with Gasteiger partial charge in [0.1, 0.15) is 0 Å². The number of rotatable bonds is 4. The van der Waals surface area contributed by atoms with Crippen molar-refractivity contribution in [3.05, 3.63) is 65.2 Å². The normalized spacial score (nSPS) is 10.2. The summed E-state index contributed by atoms with van der Waals surface area (Å²) in [5.74, 6) is -0.880. The van der Waals surface area contributed by atoms with Gasteiger partial charge in [0.2, 0.25) is 0 Å². The third-order valence-electron chi connectivity index (χ3n) is 3.14. The molecule has 0 amide bonds. The summed E-state index contributed by atoms with van der Waals surface area (Å²) in [6.07, 6.45) is 0. The van der Waals surface area contributed by atoms with Gasteiger partial charge in [-0.1, -0.05) is 30.3 Å². The maximum atomic E-state index is 11.0. The van der Waals surface area contributed by atoms with Crippen molar-refractivity contribution in [1.82, 2.24) is 0 Å². The van der Waals surface area contributed by atoms with Crippen LogP contribution in [0.1, 0.15) is 21.5 Å². The van der Waals surface area contributed by atoms with E-state index in [2.05, 4.69) is 17.0 Å². The number of nitrogens with zero attached hydrogens (tertiary/aromatic N) is 1. The molecule has 0 aromatic heterocycles. The minimum Gasteiger partial charge on any atom is -0.478 e. The highest BCUT2D eigenvalue weighted by Crippen LogP contribution is 2.20. The van der Waals surface area contributed by atoms with Crippen molar-refractivity contribution in [2.75, 3.05) is 11.9 Å². The molecule has 0 saturated carbocycles. The van der Waals surface area contributed by atoms with E-state index in [-0.39, 0.29) is 0 Å². The van der Waals surface area contributed by atoms with Gasteiger partial charge in [0.15, 0.2) is 0 Å². The van der Waals surface area contributed by atoms with Crippen LogP contribution < -0.4 is 4.90 Å². The van der Waals surface area contributed by atoms with E-state index in [4.69, 9.17) is 5.11 Å². The van der Waals surface area contributed by atoms with E-state index < -0.39 is 5.97 Å². The fourth-order valence-corrected chi connectivity index (χ4v) is 2.07. The molecule has 98 valence electrons. The highest BCUT2D eigenvalue weighted by atomic mass is 16.4. The Morgan fingerprint density at radius 1 is 1.16 bits per heavy atom. The Morgan fingerprint density at radius 3 is 2.42 bits per heavy atom. The molecular formula is C16H17NO2. The topological polar surface area (TPSA) is 40.5 Å². The fraction of sp³-hybridized carbons (Fsp3) is 0.188. The van der Waals surface area contributed by atoms with Crippen LogP contribution in [0, 0.1) is 6.92 Å². The summed E-state index contributed by atoms with van der Waals surface area (Å²) in [4.78, 5) is 13.1. The van der Waals surface area contributed by atoms with Gasteiger partial charge in [-0.25, -0.2) is 4.79 Å². The monoisotopic (exact) mass is 255 g/mol. The van der Waals surface area contributed by atoms with Crippen LogP contribution in [0.25, 0.3) is 0 Å². The average Bonchev–Trinajstić information content (AvgIpc) is 2.39. The van der Waals surface area contributed by atoms with Crippen molar-refractivity contribution in [3.63, 3.8) is 0 Å². The molecule has 3 heteroatoms. The number of aromatic carboxylic acids is 1. The average molecular weight is 255 g/mol. The van der Waals surface area contributed by atoms with Crippen LogP contribution in [-0.4, -0.2) is 18.1 Å². The van der Waals surface area contributed by atoms with E-state index >= 15 is 0 Å². The zero-order valence-electron chi connectivity index (χ0n) is 11.1. The van der Waals surface area contributed by atoms with Gasteiger partial charge in [-0.15, -0.1) is 0 Å². The number of anilines is 1. The molecular weight excluding hydrogens is 238 g/mol. The lowest BCUT2D eigenvalue weighted by Crippen LogP contribution is -2.16. The lowest BCUT2D eigenvalue weighted by atomic mass is 10.1. The number of aryl methyl sites for hydroxylation is 1. The Kier molecular flexibility index (Phi) is 3.85. The molecule has 0 aliphatic carbocycles. The van der Waals surface area contributed by atoms with Gasteiger partial charge < -0.3 is 10.0 Å². The van der Waals surface area contributed by atoms with Crippen LogP contribution in [0.15, 0.2) is 48.5 Å². The number of hydrogen-bond donors (Lipinski definition) is 1. The molecule has 3 nitrogen and oxygen atoms in total. The van der Waals surface area contributed by atoms with Crippen LogP contribution >= 0.6 is 0 Å². The number of carboxylic acid groups (broad SMARTS) is 1. The molecule has 19 heavy (non-hydrogen) atoms. The van der Waals surface area contributed by atoms with Gasteiger partial charge in [0, 0.05) is 19.3 Å². The third kappa shape index (κ3) is 3.13. The summed E-state index contributed by atoms with van der Waals surface area (Å²) in [5.41, 5.74) is 3.39. The molecule has 1 N–H and O–H groups in total. The Labute approximate surface area is 113 Å². The molecule has 0 spiro atoms. The molecule has 0 radical (unpaired) electrons. The van der Waals surface area contributed by atoms with Crippen LogP contribution in [-0.2, 0) is 6.54 Å². The van der Waals surface area contributed by atoms with Crippen molar-refractivity contribution in [2.45, 2.75) is 13.5 Å². The van der Waals surface area contributed by atoms with E-state index in [0.29, 0.717) is 5.56 Å². The lowest BCUT2D eigenvalue weighted by Gasteiger charge is -2.20. The smallest absolute Gasteiger partial charge is 0.335 e.